The van der Waals surface area contributed by atoms with Crippen LogP contribution in [0.1, 0.15) is 27.0 Å². The van der Waals surface area contributed by atoms with Crippen molar-refractivity contribution in [1.29, 1.82) is 0 Å². The fraction of sp³-hybridized carbons (Fsp3) is 1.00. The molecular weight excluding hydrogens is 160 g/mol. The third-order valence-corrected chi connectivity index (χ3v) is 5.82. The van der Waals surface area contributed by atoms with E-state index in [0.717, 1.165) is 35.5 Å². The van der Waals surface area contributed by atoms with Crippen molar-refractivity contribution in [2.75, 3.05) is 0 Å². The van der Waals surface area contributed by atoms with Crippen molar-refractivity contribution in [1.82, 2.24) is 0 Å². The Morgan fingerprint density at radius 2 is 1.92 bits per heavy atom. The highest BCUT2D eigenvalue weighted by atomic mass is 16.5. The molecule has 0 aromatic carbocycles. The maximum Gasteiger partial charge on any atom is 0.0641 e. The smallest absolute Gasteiger partial charge is 0.0641 e. The molecule has 0 aromatic rings. The van der Waals surface area contributed by atoms with Crippen LogP contribution >= 0.6 is 0 Å². The summed E-state index contributed by atoms with van der Waals surface area (Å²) in [6.07, 6.45) is 5.30. The van der Waals surface area contributed by atoms with Crippen LogP contribution in [0.4, 0.5) is 0 Å². The summed E-state index contributed by atoms with van der Waals surface area (Å²) >= 11 is 0. The molecule has 1 saturated heterocycles. The number of fused-ring (bicyclic) bond motifs is 3. The fourth-order valence-electron chi connectivity index (χ4n) is 5.74. The Balaban J connectivity index is 1.74. The minimum Gasteiger partial charge on any atom is -0.374 e. The number of hydrogen-bond acceptors (Lipinski definition) is 1. The van der Waals surface area contributed by atoms with Crippen molar-refractivity contribution < 1.29 is 6.11 Å². The van der Waals surface area contributed by atoms with E-state index in [2.05, 4.69) is 0 Å². The van der Waals surface area contributed by atoms with Crippen LogP contribution in [0.15, 0.2) is 0 Å². The lowest BCUT2D eigenvalue weighted by Gasteiger charge is -2.40. The van der Waals surface area contributed by atoms with E-state index in [4.69, 9.17) is 6.11 Å². The SMILES string of the molecule is [2H]C1C2CC3C1OC1C4CCC1C3C24. The van der Waals surface area contributed by atoms with Crippen LogP contribution in [0, 0.1) is 35.5 Å². The highest BCUT2D eigenvalue weighted by Gasteiger charge is 2.70. The first kappa shape index (κ1) is 5.75. The Morgan fingerprint density at radius 1 is 1.08 bits per heavy atom. The second-order valence-corrected chi connectivity index (χ2v) is 5.88. The van der Waals surface area contributed by atoms with Gasteiger partial charge in [-0.2, -0.15) is 0 Å². The summed E-state index contributed by atoms with van der Waals surface area (Å²) in [4.78, 5) is 0. The summed E-state index contributed by atoms with van der Waals surface area (Å²) in [5, 5.41) is 0. The van der Waals surface area contributed by atoms with E-state index in [0.29, 0.717) is 12.2 Å². The Bertz CT molecular complexity index is 313. The zero-order valence-corrected chi connectivity index (χ0v) is 7.73. The van der Waals surface area contributed by atoms with Gasteiger partial charge in [0.2, 0.25) is 0 Å². The topological polar surface area (TPSA) is 9.23 Å². The lowest BCUT2D eigenvalue weighted by molar-refractivity contribution is -0.103. The molecule has 0 aromatic heterocycles. The standard InChI is InChI=1S/C12H16O/c1-2-7-11-8-3-5-4-9(8)13-12(7)6(1)10(5)11/h5-12H,1-4H2/i4D. The van der Waals surface area contributed by atoms with Gasteiger partial charge in [-0.1, -0.05) is 0 Å². The second-order valence-electron chi connectivity index (χ2n) is 5.88. The van der Waals surface area contributed by atoms with Gasteiger partial charge in [-0.05, 0) is 61.2 Å². The molecule has 1 aliphatic heterocycles. The average molecular weight is 177 g/mol. The molecule has 5 aliphatic rings. The third kappa shape index (κ3) is 0.495. The van der Waals surface area contributed by atoms with Crippen molar-refractivity contribution >= 4 is 0 Å². The van der Waals surface area contributed by atoms with Gasteiger partial charge in [0.1, 0.15) is 0 Å². The molecule has 1 heteroatoms. The lowest BCUT2D eigenvalue weighted by Crippen LogP contribution is -2.40. The highest BCUT2D eigenvalue weighted by Crippen LogP contribution is 2.71. The van der Waals surface area contributed by atoms with E-state index in [1.165, 1.54) is 19.3 Å². The first-order valence-electron chi connectivity index (χ1n) is 6.52. The van der Waals surface area contributed by atoms with Crippen molar-refractivity contribution in [2.45, 2.75) is 37.9 Å². The monoisotopic (exact) mass is 177 g/mol. The molecule has 0 radical (unpaired) electrons. The van der Waals surface area contributed by atoms with Gasteiger partial charge in [0.15, 0.2) is 0 Å². The maximum atomic E-state index is 8.21. The molecule has 6 bridgehead atoms. The molecule has 5 rings (SSSR count). The molecule has 4 aliphatic carbocycles. The van der Waals surface area contributed by atoms with E-state index in [1.54, 1.807) is 0 Å². The minimum absolute atomic E-state index is 0.146. The highest BCUT2D eigenvalue weighted by molar-refractivity contribution is 5.18. The quantitative estimate of drug-likeness (QED) is 0.550. The predicted octanol–water partition coefficient (Wildman–Crippen LogP) is 2.07. The first-order chi connectivity index (χ1) is 6.86. The molecule has 1 nitrogen and oxygen atoms in total. The van der Waals surface area contributed by atoms with Gasteiger partial charge < -0.3 is 4.74 Å². The van der Waals surface area contributed by atoms with E-state index in [9.17, 15) is 0 Å². The van der Waals surface area contributed by atoms with Crippen LogP contribution in [-0.2, 0) is 4.74 Å². The van der Waals surface area contributed by atoms with Crippen LogP contribution in [0.25, 0.3) is 0 Å². The molecule has 0 spiro atoms. The predicted molar refractivity (Wildman–Crippen MR) is 48.1 cm³/mol. The van der Waals surface area contributed by atoms with Crippen LogP contribution in [0.5, 0.6) is 0 Å². The van der Waals surface area contributed by atoms with Crippen LogP contribution < -0.4 is 0 Å². The molecule has 1 heterocycles. The summed E-state index contributed by atoms with van der Waals surface area (Å²) in [7, 11) is 0. The first-order valence-corrected chi connectivity index (χ1v) is 5.94. The summed E-state index contributed by atoms with van der Waals surface area (Å²) < 4.78 is 14.4. The summed E-state index contributed by atoms with van der Waals surface area (Å²) in [5.74, 6) is 5.26. The lowest BCUT2D eigenvalue weighted by atomic mass is 9.70. The average Bonchev–Trinajstić information content (AvgIpc) is 2.83. The zero-order valence-electron chi connectivity index (χ0n) is 8.73. The molecule has 13 heavy (non-hydrogen) atoms. The van der Waals surface area contributed by atoms with E-state index in [1.807, 2.05) is 0 Å². The zero-order chi connectivity index (χ0) is 9.02. The second kappa shape index (κ2) is 1.71. The fourth-order valence-corrected chi connectivity index (χ4v) is 5.74. The number of hydrogen-bond donors (Lipinski definition) is 0. The van der Waals surface area contributed by atoms with Gasteiger partial charge in [0.25, 0.3) is 0 Å². The maximum absolute atomic E-state index is 8.21. The molecule has 9 atom stereocenters. The van der Waals surface area contributed by atoms with Crippen molar-refractivity contribution in [3.63, 3.8) is 0 Å². The van der Waals surface area contributed by atoms with E-state index in [-0.39, 0.29) is 6.40 Å². The Hall–Kier alpha value is -0.0400. The normalized spacial score (nSPS) is 82.5. The van der Waals surface area contributed by atoms with E-state index >= 15 is 0 Å². The van der Waals surface area contributed by atoms with Gasteiger partial charge in [-0.3, -0.25) is 0 Å². The van der Waals surface area contributed by atoms with Gasteiger partial charge in [-0.15, -0.1) is 0 Å². The van der Waals surface area contributed by atoms with Crippen LogP contribution in [0.3, 0.4) is 0 Å². The molecule has 4 saturated carbocycles. The molecule has 70 valence electrons. The summed E-state index contributed by atoms with van der Waals surface area (Å²) in [6, 6.07) is 0. The minimum atomic E-state index is 0.146. The van der Waals surface area contributed by atoms with Crippen molar-refractivity contribution in [3.8, 4) is 0 Å². The number of ether oxygens (including phenoxy) is 1. The molecule has 0 N–H and O–H groups in total. The molecular formula is C12H16O. The van der Waals surface area contributed by atoms with Crippen molar-refractivity contribution in [3.05, 3.63) is 0 Å². The number of rotatable bonds is 0. The van der Waals surface area contributed by atoms with Gasteiger partial charge in [-0.25, -0.2) is 0 Å². The van der Waals surface area contributed by atoms with E-state index < -0.39 is 0 Å². The van der Waals surface area contributed by atoms with Gasteiger partial charge >= 0.3 is 0 Å². The molecule has 9 unspecified atom stereocenters. The Labute approximate surface area is 80.2 Å². The van der Waals surface area contributed by atoms with Crippen molar-refractivity contribution in [2.24, 2.45) is 35.5 Å². The van der Waals surface area contributed by atoms with Crippen LogP contribution in [-0.4, -0.2) is 12.2 Å². The van der Waals surface area contributed by atoms with Crippen LogP contribution in [0.2, 0.25) is 0 Å². The summed E-state index contributed by atoms with van der Waals surface area (Å²) in [6.45, 7) is 0. The Kier molecular flexibility index (Phi) is 0.757. The summed E-state index contributed by atoms with van der Waals surface area (Å²) in [5.41, 5.74) is 0. The van der Waals surface area contributed by atoms with Gasteiger partial charge in [0, 0.05) is 1.37 Å². The Morgan fingerprint density at radius 3 is 2.85 bits per heavy atom. The molecule has 5 fully saturated rings. The third-order valence-electron chi connectivity index (χ3n) is 5.82. The molecule has 0 amide bonds. The van der Waals surface area contributed by atoms with Gasteiger partial charge in [0.05, 0.1) is 12.2 Å². The largest absolute Gasteiger partial charge is 0.374 e.